The summed E-state index contributed by atoms with van der Waals surface area (Å²) in [5.41, 5.74) is 0. The van der Waals surface area contributed by atoms with Gasteiger partial charge in [-0.25, -0.2) is 4.79 Å². The Morgan fingerprint density at radius 2 is 1.87 bits per heavy atom. The Labute approximate surface area is 84.7 Å². The van der Waals surface area contributed by atoms with Crippen LogP contribution in [0.2, 0.25) is 0 Å². The van der Waals surface area contributed by atoms with E-state index in [4.69, 9.17) is 14.9 Å². The number of hydrogen-bond acceptors (Lipinski definition) is 6. The van der Waals surface area contributed by atoms with Crippen LogP contribution in [-0.4, -0.2) is 68.9 Å². The summed E-state index contributed by atoms with van der Waals surface area (Å²) >= 11 is 0. The van der Waals surface area contributed by atoms with E-state index in [1.165, 1.54) is 0 Å². The number of carbonyl (C=O) groups is 1. The molecule has 1 fully saturated rings. The number of ether oxygens (including phenoxy) is 1. The van der Waals surface area contributed by atoms with E-state index in [0.717, 1.165) is 0 Å². The molecule has 15 heavy (non-hydrogen) atoms. The molecule has 88 valence electrons. The molecule has 1 unspecified atom stereocenters. The lowest BCUT2D eigenvalue weighted by Gasteiger charge is -2.39. The Morgan fingerprint density at radius 3 is 2.33 bits per heavy atom. The zero-order valence-electron chi connectivity index (χ0n) is 7.65. The minimum Gasteiger partial charge on any atom is -0.465 e. The molecule has 1 amide bonds. The van der Waals surface area contributed by atoms with E-state index in [-0.39, 0.29) is 0 Å². The molecule has 0 spiro atoms. The van der Waals surface area contributed by atoms with Crippen LogP contribution in [0.5, 0.6) is 0 Å². The molecule has 0 radical (unpaired) electrons. The molecule has 0 aromatic heterocycles. The van der Waals surface area contributed by atoms with Crippen molar-refractivity contribution >= 4 is 6.09 Å². The first-order chi connectivity index (χ1) is 6.97. The Morgan fingerprint density at radius 1 is 1.27 bits per heavy atom. The molecule has 0 aromatic rings. The van der Waals surface area contributed by atoms with Gasteiger partial charge in [0.25, 0.3) is 0 Å². The predicted octanol–water partition coefficient (Wildman–Crippen LogP) is -2.95. The number of amides is 1. The fraction of sp³-hybridized carbons (Fsp3) is 0.857. The van der Waals surface area contributed by atoms with Crippen LogP contribution in [0, 0.1) is 0 Å². The van der Waals surface area contributed by atoms with E-state index in [2.05, 4.69) is 0 Å². The molecular formula is C7H13NO7. The van der Waals surface area contributed by atoms with Crippen LogP contribution >= 0.6 is 0 Å². The molecule has 6 N–H and O–H groups in total. The quantitative estimate of drug-likeness (QED) is 0.294. The number of aliphatic hydroxyl groups is 4. The smallest absolute Gasteiger partial charge is 0.405 e. The molecule has 1 rings (SSSR count). The van der Waals surface area contributed by atoms with Gasteiger partial charge in [0.15, 0.2) is 6.29 Å². The van der Waals surface area contributed by atoms with E-state index in [0.29, 0.717) is 0 Å². The minimum atomic E-state index is -1.61. The van der Waals surface area contributed by atoms with E-state index < -0.39 is 43.3 Å². The molecule has 8 heteroatoms. The van der Waals surface area contributed by atoms with Crippen molar-refractivity contribution in [2.75, 3.05) is 6.61 Å². The van der Waals surface area contributed by atoms with Gasteiger partial charge in [-0.15, -0.1) is 0 Å². The van der Waals surface area contributed by atoms with Gasteiger partial charge in [-0.05, 0) is 0 Å². The van der Waals surface area contributed by atoms with Crippen molar-refractivity contribution in [3.05, 3.63) is 0 Å². The number of rotatable bonds is 2. The fourth-order valence-corrected chi connectivity index (χ4v) is 1.40. The van der Waals surface area contributed by atoms with Gasteiger partial charge in [-0.3, -0.25) is 0 Å². The van der Waals surface area contributed by atoms with E-state index in [1.54, 1.807) is 5.32 Å². The highest BCUT2D eigenvalue weighted by Crippen LogP contribution is 2.19. The lowest BCUT2D eigenvalue weighted by molar-refractivity contribution is -0.252. The van der Waals surface area contributed by atoms with Crippen LogP contribution in [0.15, 0.2) is 0 Å². The number of carboxylic acid groups (broad SMARTS) is 1. The summed E-state index contributed by atoms with van der Waals surface area (Å²) in [4.78, 5) is 10.3. The summed E-state index contributed by atoms with van der Waals surface area (Å²) in [6, 6.07) is -1.35. The number of hydrogen-bond donors (Lipinski definition) is 6. The van der Waals surface area contributed by atoms with Crippen LogP contribution < -0.4 is 5.32 Å². The summed E-state index contributed by atoms with van der Waals surface area (Å²) in [5.74, 6) is 0. The Bertz CT molecular complexity index is 235. The third-order valence-electron chi connectivity index (χ3n) is 2.19. The zero-order valence-corrected chi connectivity index (χ0v) is 7.65. The highest BCUT2D eigenvalue weighted by Gasteiger charge is 2.44. The lowest BCUT2D eigenvalue weighted by atomic mass is 9.97. The van der Waals surface area contributed by atoms with Crippen molar-refractivity contribution in [2.24, 2.45) is 0 Å². The van der Waals surface area contributed by atoms with E-state index in [1.807, 2.05) is 0 Å². The van der Waals surface area contributed by atoms with Gasteiger partial charge in [-0.2, -0.15) is 0 Å². The third kappa shape index (κ3) is 2.55. The van der Waals surface area contributed by atoms with Crippen LogP contribution in [0.3, 0.4) is 0 Å². The van der Waals surface area contributed by atoms with Crippen LogP contribution in [0.1, 0.15) is 0 Å². The van der Waals surface area contributed by atoms with Gasteiger partial charge in [0.05, 0.1) is 6.61 Å². The van der Waals surface area contributed by atoms with Gasteiger partial charge < -0.3 is 35.6 Å². The molecule has 0 aliphatic carbocycles. The first-order valence-corrected chi connectivity index (χ1v) is 4.27. The van der Waals surface area contributed by atoms with E-state index >= 15 is 0 Å². The molecule has 1 heterocycles. The number of nitrogens with one attached hydrogen (secondary N) is 1. The average molecular weight is 223 g/mol. The zero-order chi connectivity index (χ0) is 11.6. The van der Waals surface area contributed by atoms with Crippen molar-refractivity contribution in [3.8, 4) is 0 Å². The largest absolute Gasteiger partial charge is 0.465 e. The summed E-state index contributed by atoms with van der Waals surface area (Å²) in [6.45, 7) is -0.588. The lowest BCUT2D eigenvalue weighted by Crippen LogP contribution is -2.64. The standard InChI is InChI=1S/C7H13NO7/c9-1-2-4(10)5(11)3(6(12)15-2)8-7(13)14/h2-6,8-12H,1H2,(H,13,14)/t2-,3-,4-,5?,6+/m1/s1. The molecule has 5 atom stereocenters. The Balaban J connectivity index is 2.70. The maximum atomic E-state index is 10.3. The van der Waals surface area contributed by atoms with Gasteiger partial charge in [0, 0.05) is 0 Å². The first kappa shape index (κ1) is 12.1. The van der Waals surface area contributed by atoms with Crippen molar-refractivity contribution in [2.45, 2.75) is 30.6 Å². The topological polar surface area (TPSA) is 139 Å². The van der Waals surface area contributed by atoms with Crippen molar-refractivity contribution in [3.63, 3.8) is 0 Å². The normalized spacial score (nSPS) is 41.2. The highest BCUT2D eigenvalue weighted by atomic mass is 16.6. The second-order valence-electron chi connectivity index (χ2n) is 3.20. The second kappa shape index (κ2) is 4.73. The fourth-order valence-electron chi connectivity index (χ4n) is 1.40. The predicted molar refractivity (Wildman–Crippen MR) is 44.9 cm³/mol. The molecule has 0 aromatic carbocycles. The van der Waals surface area contributed by atoms with Crippen molar-refractivity contribution in [1.82, 2.24) is 5.32 Å². The van der Waals surface area contributed by atoms with Crippen molar-refractivity contribution < 1.29 is 35.1 Å². The van der Waals surface area contributed by atoms with Gasteiger partial charge in [-0.1, -0.05) is 0 Å². The summed E-state index contributed by atoms with van der Waals surface area (Å²) < 4.78 is 4.70. The maximum absolute atomic E-state index is 10.3. The molecule has 0 bridgehead atoms. The molecule has 8 nitrogen and oxygen atoms in total. The highest BCUT2D eigenvalue weighted by molar-refractivity contribution is 5.65. The van der Waals surface area contributed by atoms with Crippen molar-refractivity contribution in [1.29, 1.82) is 0 Å². The molecule has 1 aliphatic heterocycles. The number of aliphatic hydroxyl groups excluding tert-OH is 4. The Hall–Kier alpha value is -0.930. The summed E-state index contributed by atoms with van der Waals surface area (Å²) in [7, 11) is 0. The Kier molecular flexibility index (Phi) is 3.83. The van der Waals surface area contributed by atoms with Gasteiger partial charge in [0.2, 0.25) is 0 Å². The second-order valence-corrected chi connectivity index (χ2v) is 3.20. The third-order valence-corrected chi connectivity index (χ3v) is 2.19. The minimum absolute atomic E-state index is 0.588. The van der Waals surface area contributed by atoms with Gasteiger partial charge in [0.1, 0.15) is 24.4 Å². The maximum Gasteiger partial charge on any atom is 0.405 e. The van der Waals surface area contributed by atoms with Gasteiger partial charge >= 0.3 is 6.09 Å². The van der Waals surface area contributed by atoms with Crippen LogP contribution in [-0.2, 0) is 4.74 Å². The molecule has 0 saturated carbocycles. The molecule has 1 aliphatic rings. The molecule has 1 saturated heterocycles. The monoisotopic (exact) mass is 223 g/mol. The first-order valence-electron chi connectivity index (χ1n) is 4.27. The summed E-state index contributed by atoms with van der Waals surface area (Å²) in [5, 5.41) is 47.0. The van der Waals surface area contributed by atoms with E-state index in [9.17, 15) is 20.1 Å². The van der Waals surface area contributed by atoms with Crippen LogP contribution in [0.25, 0.3) is 0 Å². The SMILES string of the molecule is O=C(O)N[C@@H]1C(O)[C@H](O)[C@@H](CO)O[C@@H]1O. The average Bonchev–Trinajstić information content (AvgIpc) is 2.18. The van der Waals surface area contributed by atoms with Crippen LogP contribution in [0.4, 0.5) is 4.79 Å². The molecular weight excluding hydrogens is 210 g/mol. The summed E-state index contributed by atoms with van der Waals surface area (Å²) in [6.07, 6.45) is -7.22.